The molecule has 1 aromatic rings. The number of amides is 1. The number of nitrogens with one attached hydrogen (secondary N) is 1. The van der Waals surface area contributed by atoms with Gasteiger partial charge in [-0.3, -0.25) is 9.69 Å². The number of likely N-dealkylation sites (tertiary alicyclic amines) is 1. The van der Waals surface area contributed by atoms with E-state index in [9.17, 15) is 9.90 Å². The van der Waals surface area contributed by atoms with Crippen LogP contribution < -0.4 is 10.1 Å². The van der Waals surface area contributed by atoms with Crippen molar-refractivity contribution in [1.29, 1.82) is 0 Å². The van der Waals surface area contributed by atoms with E-state index >= 15 is 0 Å². The molecule has 1 aliphatic heterocycles. The van der Waals surface area contributed by atoms with Crippen molar-refractivity contribution < 1.29 is 14.6 Å². The molecule has 5 nitrogen and oxygen atoms in total. The van der Waals surface area contributed by atoms with Crippen LogP contribution >= 0.6 is 0 Å². The van der Waals surface area contributed by atoms with Crippen LogP contribution in [0.2, 0.25) is 0 Å². The van der Waals surface area contributed by atoms with Crippen LogP contribution in [0.3, 0.4) is 0 Å². The SMILES string of the molecule is CCCN1CCCC1C(=O)NCC(O)c1cccc(OC(C)C)c1. The third-order valence-corrected chi connectivity index (χ3v) is 4.26. The molecule has 0 bridgehead atoms. The fourth-order valence-electron chi connectivity index (χ4n) is 3.18. The molecule has 5 heteroatoms. The molecule has 1 fully saturated rings. The molecule has 0 aliphatic carbocycles. The van der Waals surface area contributed by atoms with Gasteiger partial charge in [-0.2, -0.15) is 0 Å². The van der Waals surface area contributed by atoms with Gasteiger partial charge in [0.25, 0.3) is 0 Å². The van der Waals surface area contributed by atoms with Crippen molar-refractivity contribution in [2.24, 2.45) is 0 Å². The molecule has 2 rings (SSSR count). The van der Waals surface area contributed by atoms with E-state index in [-0.39, 0.29) is 24.6 Å². The van der Waals surface area contributed by atoms with Crippen LogP contribution in [0.15, 0.2) is 24.3 Å². The van der Waals surface area contributed by atoms with Crippen molar-refractivity contribution >= 4 is 5.91 Å². The van der Waals surface area contributed by atoms with E-state index < -0.39 is 6.10 Å². The summed E-state index contributed by atoms with van der Waals surface area (Å²) < 4.78 is 5.65. The predicted molar refractivity (Wildman–Crippen MR) is 95.1 cm³/mol. The molecule has 1 saturated heterocycles. The number of aliphatic hydroxyl groups excluding tert-OH is 1. The molecule has 0 spiro atoms. The summed E-state index contributed by atoms with van der Waals surface area (Å²) in [6.45, 7) is 8.22. The van der Waals surface area contributed by atoms with Gasteiger partial charge in [-0.15, -0.1) is 0 Å². The van der Waals surface area contributed by atoms with Gasteiger partial charge in [0.05, 0.1) is 18.2 Å². The maximum Gasteiger partial charge on any atom is 0.237 e. The highest BCUT2D eigenvalue weighted by molar-refractivity contribution is 5.82. The number of rotatable bonds is 8. The smallest absolute Gasteiger partial charge is 0.237 e. The third-order valence-electron chi connectivity index (χ3n) is 4.26. The van der Waals surface area contributed by atoms with Crippen molar-refractivity contribution in [2.75, 3.05) is 19.6 Å². The second kappa shape index (κ2) is 9.04. The molecule has 2 N–H and O–H groups in total. The minimum absolute atomic E-state index is 0.0228. The second-order valence-electron chi connectivity index (χ2n) is 6.69. The van der Waals surface area contributed by atoms with Crippen molar-refractivity contribution in [1.82, 2.24) is 10.2 Å². The molecule has 1 amide bonds. The topological polar surface area (TPSA) is 61.8 Å². The van der Waals surface area contributed by atoms with Gasteiger partial charge >= 0.3 is 0 Å². The zero-order valence-electron chi connectivity index (χ0n) is 15.0. The molecular formula is C19H30N2O3. The highest BCUT2D eigenvalue weighted by Gasteiger charge is 2.29. The Hall–Kier alpha value is -1.59. The van der Waals surface area contributed by atoms with E-state index in [4.69, 9.17) is 4.74 Å². The third kappa shape index (κ3) is 5.21. The van der Waals surface area contributed by atoms with Gasteiger partial charge in [0, 0.05) is 6.54 Å². The molecule has 134 valence electrons. The average Bonchev–Trinajstić information content (AvgIpc) is 3.00. The Morgan fingerprint density at radius 2 is 2.25 bits per heavy atom. The number of carbonyl (C=O) groups is 1. The summed E-state index contributed by atoms with van der Waals surface area (Å²) in [7, 11) is 0. The number of ether oxygens (including phenoxy) is 1. The molecule has 1 heterocycles. The van der Waals surface area contributed by atoms with E-state index in [1.54, 1.807) is 0 Å². The summed E-state index contributed by atoms with van der Waals surface area (Å²) in [6, 6.07) is 7.36. The van der Waals surface area contributed by atoms with Crippen LogP contribution in [-0.2, 0) is 4.79 Å². The van der Waals surface area contributed by atoms with E-state index in [2.05, 4.69) is 17.1 Å². The van der Waals surface area contributed by atoms with Gasteiger partial charge in [-0.25, -0.2) is 0 Å². The molecule has 0 aromatic heterocycles. The first kappa shape index (κ1) is 18.7. The minimum atomic E-state index is -0.731. The molecule has 0 radical (unpaired) electrons. The number of carbonyl (C=O) groups excluding carboxylic acids is 1. The average molecular weight is 334 g/mol. The van der Waals surface area contributed by atoms with Crippen LogP contribution in [0.1, 0.15) is 51.7 Å². The summed E-state index contributed by atoms with van der Waals surface area (Å²) >= 11 is 0. The van der Waals surface area contributed by atoms with E-state index in [0.29, 0.717) is 0 Å². The number of hydrogen-bond donors (Lipinski definition) is 2. The van der Waals surface area contributed by atoms with E-state index in [1.165, 1.54) is 0 Å². The van der Waals surface area contributed by atoms with Crippen molar-refractivity contribution in [3.05, 3.63) is 29.8 Å². The normalized spacial score (nSPS) is 19.5. The zero-order chi connectivity index (χ0) is 17.5. The lowest BCUT2D eigenvalue weighted by atomic mass is 10.1. The number of nitrogens with zero attached hydrogens (tertiary/aromatic N) is 1. The van der Waals surface area contributed by atoms with Crippen LogP contribution in [0.25, 0.3) is 0 Å². The Bertz CT molecular complexity index is 533. The van der Waals surface area contributed by atoms with Crippen molar-refractivity contribution in [3.8, 4) is 5.75 Å². The Balaban J connectivity index is 1.88. The van der Waals surface area contributed by atoms with Gasteiger partial charge in [-0.05, 0) is 63.9 Å². The van der Waals surface area contributed by atoms with Gasteiger partial charge in [-0.1, -0.05) is 19.1 Å². The Morgan fingerprint density at radius 1 is 1.46 bits per heavy atom. The lowest BCUT2D eigenvalue weighted by Crippen LogP contribution is -2.44. The number of benzene rings is 1. The van der Waals surface area contributed by atoms with E-state index in [0.717, 1.165) is 43.7 Å². The zero-order valence-corrected chi connectivity index (χ0v) is 15.0. The monoisotopic (exact) mass is 334 g/mol. The molecular weight excluding hydrogens is 304 g/mol. The quantitative estimate of drug-likeness (QED) is 0.767. The van der Waals surface area contributed by atoms with E-state index in [1.807, 2.05) is 38.1 Å². The summed E-state index contributed by atoms with van der Waals surface area (Å²) in [6.07, 6.45) is 2.37. The van der Waals surface area contributed by atoms with Gasteiger partial charge in [0.2, 0.25) is 5.91 Å². The highest BCUT2D eigenvalue weighted by atomic mass is 16.5. The highest BCUT2D eigenvalue weighted by Crippen LogP contribution is 2.21. The lowest BCUT2D eigenvalue weighted by molar-refractivity contribution is -0.125. The van der Waals surface area contributed by atoms with Crippen molar-refractivity contribution in [2.45, 2.75) is 58.3 Å². The maximum absolute atomic E-state index is 12.4. The van der Waals surface area contributed by atoms with Crippen LogP contribution in [-0.4, -0.2) is 47.7 Å². The molecule has 2 unspecified atom stereocenters. The van der Waals surface area contributed by atoms with Gasteiger partial charge < -0.3 is 15.2 Å². The second-order valence-corrected chi connectivity index (χ2v) is 6.69. The Morgan fingerprint density at radius 3 is 2.96 bits per heavy atom. The number of aliphatic hydroxyl groups is 1. The van der Waals surface area contributed by atoms with Crippen LogP contribution in [0.5, 0.6) is 5.75 Å². The van der Waals surface area contributed by atoms with Crippen LogP contribution in [0, 0.1) is 0 Å². The molecule has 0 saturated carbocycles. The molecule has 24 heavy (non-hydrogen) atoms. The largest absolute Gasteiger partial charge is 0.491 e. The summed E-state index contributed by atoms with van der Waals surface area (Å²) in [5.41, 5.74) is 0.755. The summed E-state index contributed by atoms with van der Waals surface area (Å²) in [4.78, 5) is 14.6. The minimum Gasteiger partial charge on any atom is -0.491 e. The fraction of sp³-hybridized carbons (Fsp3) is 0.632. The number of hydrogen-bond acceptors (Lipinski definition) is 4. The van der Waals surface area contributed by atoms with Crippen LogP contribution in [0.4, 0.5) is 0 Å². The first-order valence-corrected chi connectivity index (χ1v) is 8.97. The lowest BCUT2D eigenvalue weighted by Gasteiger charge is -2.23. The molecule has 1 aliphatic rings. The summed E-state index contributed by atoms with van der Waals surface area (Å²) in [5, 5.41) is 13.3. The summed E-state index contributed by atoms with van der Waals surface area (Å²) in [5.74, 6) is 0.757. The Kier molecular flexibility index (Phi) is 7.06. The molecule has 2 atom stereocenters. The molecule has 1 aromatic carbocycles. The predicted octanol–water partition coefficient (Wildman–Crippen LogP) is 2.50. The first-order chi connectivity index (χ1) is 11.5. The van der Waals surface area contributed by atoms with Crippen molar-refractivity contribution in [3.63, 3.8) is 0 Å². The Labute approximate surface area is 145 Å². The standard InChI is InChI=1S/C19H30N2O3/c1-4-10-21-11-6-9-17(21)19(23)20-13-18(22)15-7-5-8-16(12-15)24-14(2)3/h5,7-8,12,14,17-18,22H,4,6,9-11,13H2,1-3H3,(H,20,23). The maximum atomic E-state index is 12.4. The van der Waals surface area contributed by atoms with Gasteiger partial charge in [0.15, 0.2) is 0 Å². The fourth-order valence-corrected chi connectivity index (χ4v) is 3.18. The van der Waals surface area contributed by atoms with Gasteiger partial charge in [0.1, 0.15) is 5.75 Å². The first-order valence-electron chi connectivity index (χ1n) is 8.97.